The van der Waals surface area contributed by atoms with E-state index in [2.05, 4.69) is 91.0 Å². The molecule has 0 radical (unpaired) electrons. The van der Waals surface area contributed by atoms with Crippen LogP contribution in [0, 0.1) is 0 Å². The standard InChI is InChI=1S/C24H21N/c1-3-9-19(10-4-1)15-16-23(20-11-5-2-6-12-20)24-22-14-8-7-13-21(22)17-18-25-24/h1-14,17-18,23H,15-16H2. The molecule has 1 atom stereocenters. The lowest BCUT2D eigenvalue weighted by Gasteiger charge is -2.19. The number of aromatic nitrogens is 1. The molecule has 0 saturated heterocycles. The average Bonchev–Trinajstić information content (AvgIpc) is 2.70. The number of fused-ring (bicyclic) bond motifs is 1. The number of nitrogens with zero attached hydrogens (tertiary/aromatic N) is 1. The van der Waals surface area contributed by atoms with Crippen molar-refractivity contribution in [2.45, 2.75) is 18.8 Å². The molecule has 0 N–H and O–H groups in total. The number of benzene rings is 3. The minimum Gasteiger partial charge on any atom is -0.260 e. The zero-order chi connectivity index (χ0) is 16.9. The first-order chi connectivity index (χ1) is 12.4. The fraction of sp³-hybridized carbons (Fsp3) is 0.125. The van der Waals surface area contributed by atoms with Crippen LogP contribution >= 0.6 is 0 Å². The summed E-state index contributed by atoms with van der Waals surface area (Å²) in [5, 5.41) is 2.51. The van der Waals surface area contributed by atoms with Crippen LogP contribution in [0.25, 0.3) is 10.8 Å². The summed E-state index contributed by atoms with van der Waals surface area (Å²) >= 11 is 0. The normalized spacial score (nSPS) is 12.2. The summed E-state index contributed by atoms with van der Waals surface area (Å²) in [7, 11) is 0. The van der Waals surface area contributed by atoms with Crippen LogP contribution < -0.4 is 0 Å². The molecule has 0 aliphatic heterocycles. The average molecular weight is 323 g/mol. The molecule has 0 amide bonds. The highest BCUT2D eigenvalue weighted by Gasteiger charge is 2.18. The molecule has 4 aromatic rings. The van der Waals surface area contributed by atoms with Gasteiger partial charge in [-0.3, -0.25) is 4.98 Å². The Hall–Kier alpha value is -2.93. The maximum atomic E-state index is 4.80. The lowest BCUT2D eigenvalue weighted by atomic mass is 9.87. The van der Waals surface area contributed by atoms with Crippen LogP contribution in [0.5, 0.6) is 0 Å². The molecule has 3 aromatic carbocycles. The van der Waals surface area contributed by atoms with Crippen molar-refractivity contribution in [3.63, 3.8) is 0 Å². The van der Waals surface area contributed by atoms with Gasteiger partial charge >= 0.3 is 0 Å². The van der Waals surface area contributed by atoms with Crippen LogP contribution in [0.1, 0.15) is 29.2 Å². The van der Waals surface area contributed by atoms with Crippen LogP contribution in [0.3, 0.4) is 0 Å². The van der Waals surface area contributed by atoms with Crippen LogP contribution in [0.2, 0.25) is 0 Å². The molecule has 1 unspecified atom stereocenters. The van der Waals surface area contributed by atoms with Crippen molar-refractivity contribution in [3.05, 3.63) is 114 Å². The molecule has 0 saturated carbocycles. The van der Waals surface area contributed by atoms with Gasteiger partial charge in [-0.2, -0.15) is 0 Å². The van der Waals surface area contributed by atoms with Crippen LogP contribution in [-0.2, 0) is 6.42 Å². The lowest BCUT2D eigenvalue weighted by Crippen LogP contribution is -2.06. The molecule has 25 heavy (non-hydrogen) atoms. The molecule has 0 aliphatic rings. The monoisotopic (exact) mass is 323 g/mol. The fourth-order valence-corrected chi connectivity index (χ4v) is 3.52. The first-order valence-electron chi connectivity index (χ1n) is 8.84. The minimum atomic E-state index is 0.299. The predicted octanol–water partition coefficient (Wildman–Crippen LogP) is 6.00. The molecule has 1 nitrogen and oxygen atoms in total. The van der Waals surface area contributed by atoms with E-state index in [0.717, 1.165) is 12.8 Å². The first-order valence-corrected chi connectivity index (χ1v) is 8.84. The molecule has 0 spiro atoms. The van der Waals surface area contributed by atoms with E-state index in [1.165, 1.54) is 27.6 Å². The second kappa shape index (κ2) is 7.31. The van der Waals surface area contributed by atoms with E-state index < -0.39 is 0 Å². The molecule has 1 heteroatoms. The van der Waals surface area contributed by atoms with E-state index in [0.29, 0.717) is 5.92 Å². The highest BCUT2D eigenvalue weighted by molar-refractivity contribution is 5.85. The number of aryl methyl sites for hydroxylation is 1. The largest absolute Gasteiger partial charge is 0.260 e. The van der Waals surface area contributed by atoms with Gasteiger partial charge < -0.3 is 0 Å². The fourth-order valence-electron chi connectivity index (χ4n) is 3.52. The number of hydrogen-bond donors (Lipinski definition) is 0. The zero-order valence-electron chi connectivity index (χ0n) is 14.2. The van der Waals surface area contributed by atoms with Crippen molar-refractivity contribution in [2.75, 3.05) is 0 Å². The third kappa shape index (κ3) is 3.46. The van der Waals surface area contributed by atoms with Gasteiger partial charge in [0.2, 0.25) is 0 Å². The van der Waals surface area contributed by atoms with Gasteiger partial charge in [-0.25, -0.2) is 0 Å². The summed E-state index contributed by atoms with van der Waals surface area (Å²) in [4.78, 5) is 4.80. The quantitative estimate of drug-likeness (QED) is 0.439. The van der Waals surface area contributed by atoms with Gasteiger partial charge in [0.25, 0.3) is 0 Å². The molecule has 1 aromatic heterocycles. The van der Waals surface area contributed by atoms with Gasteiger partial charge in [-0.05, 0) is 35.4 Å². The third-order valence-corrected chi connectivity index (χ3v) is 4.80. The van der Waals surface area contributed by atoms with E-state index in [4.69, 9.17) is 4.98 Å². The topological polar surface area (TPSA) is 12.9 Å². The predicted molar refractivity (Wildman–Crippen MR) is 105 cm³/mol. The van der Waals surface area contributed by atoms with Crippen LogP contribution in [-0.4, -0.2) is 4.98 Å². The SMILES string of the molecule is c1ccc(CCC(c2ccccc2)c2nccc3ccccc23)cc1. The van der Waals surface area contributed by atoms with Gasteiger partial charge in [0, 0.05) is 17.5 Å². The van der Waals surface area contributed by atoms with Crippen LogP contribution in [0.15, 0.2) is 97.2 Å². The van der Waals surface area contributed by atoms with Crippen LogP contribution in [0.4, 0.5) is 0 Å². The summed E-state index contributed by atoms with van der Waals surface area (Å²) in [6.45, 7) is 0. The van der Waals surface area contributed by atoms with Gasteiger partial charge in [0.05, 0.1) is 5.69 Å². The maximum absolute atomic E-state index is 4.80. The van der Waals surface area contributed by atoms with E-state index in [1.54, 1.807) is 0 Å². The number of hydrogen-bond acceptors (Lipinski definition) is 1. The minimum absolute atomic E-state index is 0.299. The summed E-state index contributed by atoms with van der Waals surface area (Å²) in [5.41, 5.74) is 3.89. The molecule has 1 heterocycles. The Morgan fingerprint density at radius 1 is 0.680 bits per heavy atom. The molecule has 0 bridgehead atoms. The molecule has 0 aliphatic carbocycles. The highest BCUT2D eigenvalue weighted by atomic mass is 14.7. The first kappa shape index (κ1) is 15.6. The Balaban J connectivity index is 1.74. The van der Waals surface area contributed by atoms with Crippen molar-refractivity contribution < 1.29 is 0 Å². The molecule has 122 valence electrons. The summed E-state index contributed by atoms with van der Waals surface area (Å²) in [5.74, 6) is 0.299. The van der Waals surface area contributed by atoms with E-state index in [9.17, 15) is 0 Å². The zero-order valence-corrected chi connectivity index (χ0v) is 14.2. The molecular weight excluding hydrogens is 302 g/mol. The van der Waals surface area contributed by atoms with Crippen molar-refractivity contribution in [3.8, 4) is 0 Å². The second-order valence-corrected chi connectivity index (χ2v) is 6.40. The second-order valence-electron chi connectivity index (χ2n) is 6.40. The van der Waals surface area contributed by atoms with Crippen molar-refractivity contribution in [1.29, 1.82) is 0 Å². The summed E-state index contributed by atoms with van der Waals surface area (Å²) in [6.07, 6.45) is 4.04. The highest BCUT2D eigenvalue weighted by Crippen LogP contribution is 2.32. The van der Waals surface area contributed by atoms with Crippen molar-refractivity contribution in [2.24, 2.45) is 0 Å². The Kier molecular flexibility index (Phi) is 4.56. The summed E-state index contributed by atoms with van der Waals surface area (Å²) in [6, 6.07) is 32.1. The van der Waals surface area contributed by atoms with Crippen molar-refractivity contribution in [1.82, 2.24) is 4.98 Å². The van der Waals surface area contributed by atoms with Gasteiger partial charge in [-0.1, -0.05) is 84.9 Å². The van der Waals surface area contributed by atoms with Gasteiger partial charge in [-0.15, -0.1) is 0 Å². The van der Waals surface area contributed by atoms with E-state index in [1.807, 2.05) is 6.20 Å². The number of rotatable bonds is 5. The Morgan fingerprint density at radius 3 is 2.16 bits per heavy atom. The Morgan fingerprint density at radius 2 is 1.36 bits per heavy atom. The molecule has 4 rings (SSSR count). The van der Waals surface area contributed by atoms with Crippen molar-refractivity contribution >= 4 is 10.8 Å². The Labute approximate surface area is 149 Å². The lowest BCUT2D eigenvalue weighted by molar-refractivity contribution is 0.701. The number of pyridine rings is 1. The van der Waals surface area contributed by atoms with Gasteiger partial charge in [0.1, 0.15) is 0 Å². The third-order valence-electron chi connectivity index (χ3n) is 4.80. The maximum Gasteiger partial charge on any atom is 0.0556 e. The van der Waals surface area contributed by atoms with E-state index in [-0.39, 0.29) is 0 Å². The van der Waals surface area contributed by atoms with Gasteiger partial charge in [0.15, 0.2) is 0 Å². The summed E-state index contributed by atoms with van der Waals surface area (Å²) < 4.78 is 0. The Bertz CT molecular complexity index is 940. The van der Waals surface area contributed by atoms with E-state index >= 15 is 0 Å². The molecule has 0 fully saturated rings. The molecular formula is C24H21N. The smallest absolute Gasteiger partial charge is 0.0556 e.